The number of nitrogens with one attached hydrogen (secondary N) is 1. The molecular formula is C15H17N3O3. The molecule has 1 aliphatic rings. The lowest BCUT2D eigenvalue weighted by Gasteiger charge is -2.22. The number of carbonyl (C=O) groups excluding carboxylic acids is 1. The standard InChI is InChI=1S/C15H17N3O3/c1-10-9-18(7-4-8-21-10)15(20)13-11-5-2-3-6-12(11)14(19)17-16-13/h2-3,5-6,10H,4,7-9H2,1H3,(H,17,19). The summed E-state index contributed by atoms with van der Waals surface area (Å²) in [7, 11) is 0. The van der Waals surface area contributed by atoms with Crippen LogP contribution in [0.4, 0.5) is 0 Å². The van der Waals surface area contributed by atoms with Gasteiger partial charge in [-0.25, -0.2) is 5.10 Å². The van der Waals surface area contributed by atoms with Gasteiger partial charge in [-0.2, -0.15) is 5.10 Å². The monoisotopic (exact) mass is 287 g/mol. The number of amides is 1. The van der Waals surface area contributed by atoms with Crippen LogP contribution in [0, 0.1) is 0 Å². The molecule has 1 N–H and O–H groups in total. The van der Waals surface area contributed by atoms with Crippen LogP contribution in [-0.2, 0) is 4.74 Å². The average Bonchev–Trinajstić information content (AvgIpc) is 2.72. The van der Waals surface area contributed by atoms with Gasteiger partial charge in [-0.15, -0.1) is 0 Å². The first-order valence-corrected chi connectivity index (χ1v) is 7.05. The molecule has 1 atom stereocenters. The Labute approximate surface area is 121 Å². The van der Waals surface area contributed by atoms with Crippen molar-refractivity contribution in [2.75, 3.05) is 19.7 Å². The fraction of sp³-hybridized carbons (Fsp3) is 0.400. The number of aromatic nitrogens is 2. The minimum atomic E-state index is -0.283. The normalized spacial score (nSPS) is 19.5. The zero-order chi connectivity index (χ0) is 14.8. The van der Waals surface area contributed by atoms with Crippen molar-refractivity contribution in [1.82, 2.24) is 15.1 Å². The molecule has 1 saturated heterocycles. The highest BCUT2D eigenvalue weighted by atomic mass is 16.5. The van der Waals surface area contributed by atoms with Crippen LogP contribution in [0.3, 0.4) is 0 Å². The van der Waals surface area contributed by atoms with Crippen LogP contribution in [0.1, 0.15) is 23.8 Å². The molecule has 0 bridgehead atoms. The van der Waals surface area contributed by atoms with Gasteiger partial charge in [-0.1, -0.05) is 18.2 Å². The van der Waals surface area contributed by atoms with Crippen molar-refractivity contribution < 1.29 is 9.53 Å². The number of benzene rings is 1. The third-order valence-electron chi connectivity index (χ3n) is 3.64. The van der Waals surface area contributed by atoms with Crippen LogP contribution in [0.15, 0.2) is 29.1 Å². The maximum Gasteiger partial charge on any atom is 0.275 e. The predicted octanol–water partition coefficient (Wildman–Crippen LogP) is 1.17. The molecule has 6 nitrogen and oxygen atoms in total. The number of hydrogen-bond donors (Lipinski definition) is 1. The highest BCUT2D eigenvalue weighted by Crippen LogP contribution is 2.16. The number of fused-ring (bicyclic) bond motifs is 1. The Morgan fingerprint density at radius 3 is 2.95 bits per heavy atom. The van der Waals surface area contributed by atoms with E-state index in [9.17, 15) is 9.59 Å². The molecule has 1 amide bonds. The van der Waals surface area contributed by atoms with E-state index in [0.29, 0.717) is 36.2 Å². The third kappa shape index (κ3) is 2.67. The first kappa shape index (κ1) is 13.8. The number of aromatic amines is 1. The van der Waals surface area contributed by atoms with Gasteiger partial charge in [0, 0.05) is 25.1 Å². The topological polar surface area (TPSA) is 75.3 Å². The largest absolute Gasteiger partial charge is 0.377 e. The van der Waals surface area contributed by atoms with Crippen molar-refractivity contribution in [2.45, 2.75) is 19.4 Å². The van der Waals surface area contributed by atoms with E-state index >= 15 is 0 Å². The molecule has 2 aromatic rings. The van der Waals surface area contributed by atoms with E-state index in [-0.39, 0.29) is 17.6 Å². The minimum Gasteiger partial charge on any atom is -0.377 e. The van der Waals surface area contributed by atoms with Gasteiger partial charge in [0.05, 0.1) is 11.5 Å². The lowest BCUT2D eigenvalue weighted by atomic mass is 10.1. The minimum absolute atomic E-state index is 0.00507. The summed E-state index contributed by atoms with van der Waals surface area (Å²) in [5.41, 5.74) is 0.00835. The van der Waals surface area contributed by atoms with Crippen LogP contribution in [0.5, 0.6) is 0 Å². The lowest BCUT2D eigenvalue weighted by molar-refractivity contribution is 0.0560. The number of nitrogens with zero attached hydrogens (tertiary/aromatic N) is 2. The van der Waals surface area contributed by atoms with E-state index in [1.165, 1.54) is 0 Å². The van der Waals surface area contributed by atoms with Gasteiger partial charge in [0.1, 0.15) is 0 Å². The number of ether oxygens (including phenoxy) is 1. The molecule has 21 heavy (non-hydrogen) atoms. The van der Waals surface area contributed by atoms with Gasteiger partial charge >= 0.3 is 0 Å². The zero-order valence-electron chi connectivity index (χ0n) is 11.8. The summed E-state index contributed by atoms with van der Waals surface area (Å²) < 4.78 is 5.55. The van der Waals surface area contributed by atoms with Crippen molar-refractivity contribution in [1.29, 1.82) is 0 Å². The van der Waals surface area contributed by atoms with Crippen LogP contribution in [-0.4, -0.2) is 46.8 Å². The smallest absolute Gasteiger partial charge is 0.275 e. The SMILES string of the molecule is CC1CN(C(=O)c2n[nH]c(=O)c3ccccc23)CCCO1. The van der Waals surface area contributed by atoms with Crippen LogP contribution < -0.4 is 5.56 Å². The van der Waals surface area contributed by atoms with Crippen molar-refractivity contribution in [3.8, 4) is 0 Å². The highest BCUT2D eigenvalue weighted by Gasteiger charge is 2.24. The molecule has 1 fully saturated rings. The zero-order valence-corrected chi connectivity index (χ0v) is 11.8. The van der Waals surface area contributed by atoms with Gasteiger partial charge in [0.15, 0.2) is 5.69 Å². The number of hydrogen-bond acceptors (Lipinski definition) is 4. The fourth-order valence-corrected chi connectivity index (χ4v) is 2.61. The number of rotatable bonds is 1. The van der Waals surface area contributed by atoms with E-state index in [0.717, 1.165) is 6.42 Å². The van der Waals surface area contributed by atoms with Gasteiger partial charge < -0.3 is 9.64 Å². The Kier molecular flexibility index (Phi) is 3.70. The molecule has 1 aliphatic heterocycles. The van der Waals surface area contributed by atoms with E-state index in [1.807, 2.05) is 6.92 Å². The van der Waals surface area contributed by atoms with Crippen molar-refractivity contribution in [3.63, 3.8) is 0 Å². The highest BCUT2D eigenvalue weighted by molar-refractivity contribution is 6.04. The molecule has 0 spiro atoms. The quantitative estimate of drug-likeness (QED) is 0.854. The second-order valence-electron chi connectivity index (χ2n) is 5.23. The molecule has 6 heteroatoms. The fourth-order valence-electron chi connectivity index (χ4n) is 2.61. The molecule has 1 unspecified atom stereocenters. The second-order valence-corrected chi connectivity index (χ2v) is 5.23. The molecule has 1 aromatic carbocycles. The van der Waals surface area contributed by atoms with E-state index < -0.39 is 0 Å². The molecule has 110 valence electrons. The van der Waals surface area contributed by atoms with Crippen molar-refractivity contribution in [3.05, 3.63) is 40.3 Å². The van der Waals surface area contributed by atoms with E-state index in [1.54, 1.807) is 29.2 Å². The Morgan fingerprint density at radius 2 is 2.14 bits per heavy atom. The number of H-pyrrole nitrogens is 1. The molecule has 3 rings (SSSR count). The van der Waals surface area contributed by atoms with E-state index in [4.69, 9.17) is 4.74 Å². The first-order valence-electron chi connectivity index (χ1n) is 7.05. The van der Waals surface area contributed by atoms with Gasteiger partial charge in [-0.05, 0) is 19.4 Å². The van der Waals surface area contributed by atoms with Crippen molar-refractivity contribution in [2.24, 2.45) is 0 Å². The maximum atomic E-state index is 12.7. The van der Waals surface area contributed by atoms with Crippen LogP contribution in [0.25, 0.3) is 10.8 Å². The van der Waals surface area contributed by atoms with Crippen LogP contribution in [0.2, 0.25) is 0 Å². The summed E-state index contributed by atoms with van der Waals surface area (Å²) in [6.07, 6.45) is 0.808. The summed E-state index contributed by atoms with van der Waals surface area (Å²) in [5.74, 6) is -0.167. The second kappa shape index (κ2) is 5.65. The Balaban J connectivity index is 2.02. The summed E-state index contributed by atoms with van der Waals surface area (Å²) in [5, 5.41) is 7.44. The van der Waals surface area contributed by atoms with Crippen molar-refractivity contribution >= 4 is 16.7 Å². The molecular weight excluding hydrogens is 270 g/mol. The van der Waals surface area contributed by atoms with Gasteiger partial charge in [0.25, 0.3) is 11.5 Å². The Hall–Kier alpha value is -2.21. The molecule has 0 saturated carbocycles. The molecule has 0 radical (unpaired) electrons. The average molecular weight is 287 g/mol. The molecule has 1 aromatic heterocycles. The summed E-state index contributed by atoms with van der Waals surface area (Å²) in [4.78, 5) is 26.2. The maximum absolute atomic E-state index is 12.7. The lowest BCUT2D eigenvalue weighted by Crippen LogP contribution is -2.37. The predicted molar refractivity (Wildman–Crippen MR) is 78.3 cm³/mol. The number of carbonyl (C=O) groups is 1. The Bertz CT molecular complexity index is 725. The summed E-state index contributed by atoms with van der Waals surface area (Å²) >= 11 is 0. The first-order chi connectivity index (χ1) is 10.2. The third-order valence-corrected chi connectivity index (χ3v) is 3.64. The summed E-state index contributed by atoms with van der Waals surface area (Å²) in [6.45, 7) is 3.78. The summed E-state index contributed by atoms with van der Waals surface area (Å²) in [6, 6.07) is 7.02. The van der Waals surface area contributed by atoms with Gasteiger partial charge in [0.2, 0.25) is 0 Å². The Morgan fingerprint density at radius 1 is 1.38 bits per heavy atom. The van der Waals surface area contributed by atoms with Gasteiger partial charge in [-0.3, -0.25) is 9.59 Å². The van der Waals surface area contributed by atoms with Crippen LogP contribution >= 0.6 is 0 Å². The van der Waals surface area contributed by atoms with E-state index in [2.05, 4.69) is 10.2 Å². The molecule has 0 aliphatic carbocycles. The molecule has 2 heterocycles.